The lowest BCUT2D eigenvalue weighted by molar-refractivity contribution is 0.0572. The number of β-amino-alcohol motifs (C(OH)–C–C–N with tert-alkyl or cyclic N) is 2. The maximum absolute atomic E-state index is 9.69. The first-order chi connectivity index (χ1) is 9.04. The van der Waals surface area contributed by atoms with Crippen LogP contribution in [-0.2, 0) is 0 Å². The van der Waals surface area contributed by atoms with E-state index in [1.807, 2.05) is 36.1 Å². The smallest absolute Gasteiger partial charge is 0.0990 e. The number of pyridine rings is 1. The Bertz CT molecular complexity index is 619. The number of fused-ring (bicyclic) bond motifs is 1. The summed E-state index contributed by atoms with van der Waals surface area (Å²) in [4.78, 5) is 6.46. The molecule has 19 heavy (non-hydrogen) atoms. The van der Waals surface area contributed by atoms with E-state index in [-0.39, 0.29) is 0 Å². The van der Waals surface area contributed by atoms with Gasteiger partial charge in [0.2, 0.25) is 0 Å². The van der Waals surface area contributed by atoms with Crippen molar-refractivity contribution in [1.82, 2.24) is 4.98 Å². The average molecular weight is 259 g/mol. The van der Waals surface area contributed by atoms with E-state index >= 15 is 0 Å². The maximum Gasteiger partial charge on any atom is 0.0990 e. The first-order valence-corrected chi connectivity index (χ1v) is 6.32. The van der Waals surface area contributed by atoms with Crippen LogP contribution in [0.4, 0.5) is 11.4 Å². The van der Waals surface area contributed by atoms with Crippen molar-refractivity contribution in [2.75, 3.05) is 23.7 Å². The van der Waals surface area contributed by atoms with Crippen molar-refractivity contribution in [3.05, 3.63) is 30.0 Å². The molecule has 1 saturated heterocycles. The summed E-state index contributed by atoms with van der Waals surface area (Å²) in [6.07, 6.45) is -1.41. The van der Waals surface area contributed by atoms with Gasteiger partial charge in [-0.1, -0.05) is 0 Å². The van der Waals surface area contributed by atoms with Crippen molar-refractivity contribution < 1.29 is 10.2 Å². The minimum atomic E-state index is -0.704. The Morgan fingerprint density at radius 2 is 1.89 bits per heavy atom. The van der Waals surface area contributed by atoms with E-state index < -0.39 is 12.2 Å². The Kier molecular flexibility index (Phi) is 2.80. The van der Waals surface area contributed by atoms with E-state index in [4.69, 9.17) is 5.73 Å². The third-order valence-electron chi connectivity index (χ3n) is 3.54. The summed E-state index contributed by atoms with van der Waals surface area (Å²) >= 11 is 0. The summed E-state index contributed by atoms with van der Waals surface area (Å²) in [7, 11) is 0. The second kappa shape index (κ2) is 4.36. The van der Waals surface area contributed by atoms with Gasteiger partial charge in [0, 0.05) is 35.5 Å². The van der Waals surface area contributed by atoms with Crippen molar-refractivity contribution in [2.24, 2.45) is 0 Å². The van der Waals surface area contributed by atoms with Gasteiger partial charge in [0.1, 0.15) is 0 Å². The molecule has 0 amide bonds. The van der Waals surface area contributed by atoms with Gasteiger partial charge < -0.3 is 20.8 Å². The zero-order valence-corrected chi connectivity index (χ0v) is 10.7. The van der Waals surface area contributed by atoms with Crippen molar-refractivity contribution in [3.8, 4) is 0 Å². The molecule has 1 aromatic carbocycles. The van der Waals surface area contributed by atoms with Gasteiger partial charge in [-0.05, 0) is 31.2 Å². The number of benzene rings is 1. The summed E-state index contributed by atoms with van der Waals surface area (Å²) in [6, 6.07) is 7.57. The molecule has 5 heteroatoms. The minimum Gasteiger partial charge on any atom is -0.399 e. The number of aliphatic hydroxyl groups excluding tert-OH is 2. The first kappa shape index (κ1) is 12.2. The van der Waals surface area contributed by atoms with Crippen LogP contribution >= 0.6 is 0 Å². The molecule has 3 rings (SSSR count). The fourth-order valence-corrected chi connectivity index (χ4v) is 2.58. The molecule has 1 aliphatic rings. The average Bonchev–Trinajstić information content (AvgIpc) is 2.69. The summed E-state index contributed by atoms with van der Waals surface area (Å²) in [5.74, 6) is 0. The Labute approximate surface area is 111 Å². The fourth-order valence-electron chi connectivity index (χ4n) is 2.58. The number of aliphatic hydroxyl groups is 2. The molecule has 5 nitrogen and oxygen atoms in total. The van der Waals surface area contributed by atoms with Crippen LogP contribution in [0, 0.1) is 6.92 Å². The third kappa shape index (κ3) is 2.11. The molecule has 1 aromatic heterocycles. The van der Waals surface area contributed by atoms with Crippen LogP contribution < -0.4 is 10.6 Å². The van der Waals surface area contributed by atoms with E-state index in [0.29, 0.717) is 18.8 Å². The predicted octanol–water partition coefficient (Wildman–Crippen LogP) is 0.667. The van der Waals surface area contributed by atoms with E-state index in [1.165, 1.54) is 0 Å². The highest BCUT2D eigenvalue weighted by molar-refractivity contribution is 5.94. The molecule has 0 radical (unpaired) electrons. The minimum absolute atomic E-state index is 0.425. The predicted molar refractivity (Wildman–Crippen MR) is 75.1 cm³/mol. The van der Waals surface area contributed by atoms with Gasteiger partial charge in [-0.2, -0.15) is 0 Å². The number of anilines is 2. The summed E-state index contributed by atoms with van der Waals surface area (Å²) < 4.78 is 0. The number of nitrogens with zero attached hydrogens (tertiary/aromatic N) is 2. The van der Waals surface area contributed by atoms with E-state index in [2.05, 4.69) is 4.98 Å². The largest absolute Gasteiger partial charge is 0.399 e. The monoisotopic (exact) mass is 259 g/mol. The van der Waals surface area contributed by atoms with Crippen molar-refractivity contribution >= 4 is 22.3 Å². The lowest BCUT2D eigenvalue weighted by Crippen LogP contribution is -2.22. The molecule has 0 saturated carbocycles. The highest BCUT2D eigenvalue weighted by Gasteiger charge is 2.30. The first-order valence-electron chi connectivity index (χ1n) is 6.32. The van der Waals surface area contributed by atoms with Crippen molar-refractivity contribution in [2.45, 2.75) is 19.1 Å². The molecule has 0 bridgehead atoms. The topological polar surface area (TPSA) is 82.6 Å². The molecule has 4 N–H and O–H groups in total. The molecule has 2 aromatic rings. The molecular weight excluding hydrogens is 242 g/mol. The normalized spacial score (nSPS) is 23.2. The number of nitrogen functional groups attached to an aromatic ring is 1. The van der Waals surface area contributed by atoms with Crippen LogP contribution in [0.3, 0.4) is 0 Å². The molecular formula is C14H17N3O2. The molecule has 2 heterocycles. The zero-order valence-electron chi connectivity index (χ0n) is 10.7. The lowest BCUT2D eigenvalue weighted by Gasteiger charge is -2.20. The Morgan fingerprint density at radius 3 is 2.58 bits per heavy atom. The van der Waals surface area contributed by atoms with Gasteiger partial charge in [0.15, 0.2) is 0 Å². The second-order valence-electron chi connectivity index (χ2n) is 5.10. The zero-order chi connectivity index (χ0) is 13.6. The van der Waals surface area contributed by atoms with Crippen LogP contribution in [0.5, 0.6) is 0 Å². The molecule has 2 atom stereocenters. The number of aryl methyl sites for hydroxylation is 1. The fraction of sp³-hybridized carbons (Fsp3) is 0.357. The van der Waals surface area contributed by atoms with Gasteiger partial charge in [0.05, 0.1) is 17.7 Å². The molecule has 1 aliphatic heterocycles. The van der Waals surface area contributed by atoms with E-state index in [0.717, 1.165) is 22.3 Å². The van der Waals surface area contributed by atoms with E-state index in [1.54, 1.807) is 0 Å². The Morgan fingerprint density at radius 1 is 1.21 bits per heavy atom. The van der Waals surface area contributed by atoms with Crippen molar-refractivity contribution in [3.63, 3.8) is 0 Å². The summed E-state index contributed by atoms with van der Waals surface area (Å²) in [5.41, 5.74) is 9.26. The maximum atomic E-state index is 9.69. The van der Waals surface area contributed by atoms with Gasteiger partial charge in [-0.3, -0.25) is 4.98 Å². The highest BCUT2D eigenvalue weighted by Crippen LogP contribution is 2.30. The summed E-state index contributed by atoms with van der Waals surface area (Å²) in [5, 5.41) is 20.3. The van der Waals surface area contributed by atoms with Gasteiger partial charge in [-0.25, -0.2) is 0 Å². The second-order valence-corrected chi connectivity index (χ2v) is 5.10. The van der Waals surface area contributed by atoms with Gasteiger partial charge in [-0.15, -0.1) is 0 Å². The quantitative estimate of drug-likeness (QED) is 0.656. The Hall–Kier alpha value is -1.85. The highest BCUT2D eigenvalue weighted by atomic mass is 16.3. The molecule has 100 valence electrons. The number of hydrogen-bond donors (Lipinski definition) is 3. The van der Waals surface area contributed by atoms with Crippen LogP contribution in [0.15, 0.2) is 24.3 Å². The van der Waals surface area contributed by atoms with Crippen LogP contribution in [0.2, 0.25) is 0 Å². The number of nitrogens with two attached hydrogens (primary N) is 1. The SMILES string of the molecule is Cc1cc(N2CC(O)C(O)C2)c2cc(N)ccc2n1. The van der Waals surface area contributed by atoms with Crippen LogP contribution in [0.25, 0.3) is 10.9 Å². The van der Waals surface area contributed by atoms with Gasteiger partial charge in [0.25, 0.3) is 0 Å². The van der Waals surface area contributed by atoms with Crippen molar-refractivity contribution in [1.29, 1.82) is 0 Å². The molecule has 1 fully saturated rings. The summed E-state index contributed by atoms with van der Waals surface area (Å²) in [6.45, 7) is 2.78. The molecule has 0 aliphatic carbocycles. The Balaban J connectivity index is 2.14. The number of hydrogen-bond acceptors (Lipinski definition) is 5. The van der Waals surface area contributed by atoms with Gasteiger partial charge >= 0.3 is 0 Å². The number of aromatic nitrogens is 1. The molecule has 0 spiro atoms. The number of rotatable bonds is 1. The standard InChI is InChI=1S/C14H17N3O2/c1-8-4-12(17-6-13(18)14(19)7-17)10-5-9(15)2-3-11(10)16-8/h2-5,13-14,18-19H,6-7,15H2,1H3. The van der Waals surface area contributed by atoms with Crippen LogP contribution in [-0.4, -0.2) is 40.5 Å². The lowest BCUT2D eigenvalue weighted by atomic mass is 10.1. The van der Waals surface area contributed by atoms with E-state index in [9.17, 15) is 10.2 Å². The third-order valence-corrected chi connectivity index (χ3v) is 3.54. The molecule has 2 unspecified atom stereocenters. The van der Waals surface area contributed by atoms with Crippen LogP contribution in [0.1, 0.15) is 5.69 Å².